The second-order valence-electron chi connectivity index (χ2n) is 7.44. The Morgan fingerprint density at radius 3 is 2.31 bits per heavy atom. The van der Waals surface area contributed by atoms with Crippen LogP contribution < -0.4 is 15.5 Å². The van der Waals surface area contributed by atoms with E-state index in [0.29, 0.717) is 5.11 Å². The summed E-state index contributed by atoms with van der Waals surface area (Å²) in [6.45, 7) is 8.69. The Bertz CT molecular complexity index is 731. The average molecular weight is 369 g/mol. The zero-order chi connectivity index (χ0) is 18.4. The van der Waals surface area contributed by atoms with Gasteiger partial charge in [-0.15, -0.1) is 0 Å². The number of piperidine rings is 1. The second-order valence-corrected chi connectivity index (χ2v) is 7.85. The molecule has 4 heteroatoms. The molecule has 0 bridgehead atoms. The Morgan fingerprint density at radius 1 is 0.962 bits per heavy atom. The van der Waals surface area contributed by atoms with E-state index in [-0.39, 0.29) is 0 Å². The van der Waals surface area contributed by atoms with Gasteiger partial charge in [0.2, 0.25) is 0 Å². The smallest absolute Gasteiger partial charge is 0.171 e. The maximum Gasteiger partial charge on any atom is 0.171 e. The third kappa shape index (κ3) is 5.55. The van der Waals surface area contributed by atoms with Gasteiger partial charge in [-0.05, 0) is 74.2 Å². The molecule has 0 aliphatic carbocycles. The minimum atomic E-state index is 0.676. The number of thiocarbonyl (C=S) groups is 1. The quantitative estimate of drug-likeness (QED) is 0.707. The fourth-order valence-corrected chi connectivity index (χ4v) is 3.99. The summed E-state index contributed by atoms with van der Waals surface area (Å²) in [5.74, 6) is 0. The number of nitrogens with one attached hydrogen (secondary N) is 3. The highest BCUT2D eigenvalue weighted by Crippen LogP contribution is 2.14. The van der Waals surface area contributed by atoms with Crippen LogP contribution in [0, 0.1) is 13.8 Å². The van der Waals surface area contributed by atoms with Crippen molar-refractivity contribution in [3.8, 4) is 0 Å². The van der Waals surface area contributed by atoms with Gasteiger partial charge in [-0.25, -0.2) is 0 Å². The Labute approximate surface area is 162 Å². The molecule has 1 saturated heterocycles. The molecule has 3 rings (SSSR count). The monoisotopic (exact) mass is 368 g/mol. The van der Waals surface area contributed by atoms with Crippen molar-refractivity contribution in [2.45, 2.75) is 46.2 Å². The number of likely N-dealkylation sites (tertiary alicyclic amines) is 1. The first-order valence-electron chi connectivity index (χ1n) is 9.63. The summed E-state index contributed by atoms with van der Waals surface area (Å²) in [5.41, 5.74) is 6.31. The summed E-state index contributed by atoms with van der Waals surface area (Å²) in [5, 5.41) is 7.36. The number of quaternary nitrogens is 1. The van der Waals surface area contributed by atoms with Gasteiger partial charge >= 0.3 is 0 Å². The summed E-state index contributed by atoms with van der Waals surface area (Å²) >= 11 is 5.50. The molecule has 0 saturated carbocycles. The van der Waals surface area contributed by atoms with Gasteiger partial charge in [-0.2, -0.15) is 0 Å². The Balaban J connectivity index is 1.57. The van der Waals surface area contributed by atoms with Crippen molar-refractivity contribution < 1.29 is 4.90 Å². The summed E-state index contributed by atoms with van der Waals surface area (Å²) in [6.07, 6.45) is 4.12. The van der Waals surface area contributed by atoms with Gasteiger partial charge < -0.3 is 15.5 Å². The molecule has 138 valence electrons. The standard InChI is InChI=1S/C22H29N3S/c1-17-12-18(2)14-21(13-17)24-22(26)23-15-19-8-4-5-9-20(19)16-25-10-6-3-7-11-25/h4-5,8-9,12-14H,3,6-7,10-11,15-16H2,1-2H3,(H2,23,24,26)/p+1. The molecular weight excluding hydrogens is 338 g/mol. The molecule has 0 amide bonds. The van der Waals surface area contributed by atoms with Gasteiger partial charge in [0.15, 0.2) is 5.11 Å². The largest absolute Gasteiger partial charge is 0.358 e. The molecule has 1 aliphatic heterocycles. The van der Waals surface area contributed by atoms with Crippen molar-refractivity contribution in [3.63, 3.8) is 0 Å². The third-order valence-corrected chi connectivity index (χ3v) is 5.28. The highest BCUT2D eigenvalue weighted by molar-refractivity contribution is 7.80. The zero-order valence-electron chi connectivity index (χ0n) is 15.9. The molecule has 1 heterocycles. The second kappa shape index (κ2) is 9.15. The highest BCUT2D eigenvalue weighted by atomic mass is 32.1. The van der Waals surface area contributed by atoms with Crippen molar-refractivity contribution in [2.75, 3.05) is 18.4 Å². The van der Waals surface area contributed by atoms with Gasteiger partial charge in [0, 0.05) is 17.8 Å². The summed E-state index contributed by atoms with van der Waals surface area (Å²) in [7, 11) is 0. The molecule has 0 spiro atoms. The highest BCUT2D eigenvalue weighted by Gasteiger charge is 2.15. The SMILES string of the molecule is Cc1cc(C)cc(NC(=S)NCc2ccccc2C[NH+]2CCCCC2)c1. The van der Waals surface area contributed by atoms with Crippen LogP contribution in [-0.4, -0.2) is 18.2 Å². The van der Waals surface area contributed by atoms with Gasteiger partial charge in [-0.1, -0.05) is 30.3 Å². The zero-order valence-corrected chi connectivity index (χ0v) is 16.7. The van der Waals surface area contributed by atoms with Gasteiger partial charge in [0.25, 0.3) is 0 Å². The molecule has 1 fully saturated rings. The topological polar surface area (TPSA) is 28.5 Å². The lowest BCUT2D eigenvalue weighted by Gasteiger charge is -2.24. The van der Waals surface area contributed by atoms with Crippen molar-refractivity contribution in [2.24, 2.45) is 0 Å². The number of hydrogen-bond acceptors (Lipinski definition) is 1. The normalized spacial score (nSPS) is 14.8. The molecule has 1 aliphatic rings. The van der Waals surface area contributed by atoms with Gasteiger partial charge in [0.1, 0.15) is 6.54 Å². The van der Waals surface area contributed by atoms with Crippen molar-refractivity contribution in [1.82, 2.24) is 5.32 Å². The van der Waals surface area contributed by atoms with Crippen LogP contribution in [0.3, 0.4) is 0 Å². The molecule has 2 aromatic rings. The molecule has 3 N–H and O–H groups in total. The van der Waals surface area contributed by atoms with Crippen LogP contribution >= 0.6 is 12.2 Å². The average Bonchev–Trinajstić information content (AvgIpc) is 2.61. The van der Waals surface area contributed by atoms with Crippen LogP contribution in [0.1, 0.15) is 41.5 Å². The Hall–Kier alpha value is -1.91. The number of anilines is 1. The fraction of sp³-hybridized carbons (Fsp3) is 0.409. The summed E-state index contributed by atoms with van der Waals surface area (Å²) in [6, 6.07) is 15.1. The number of aryl methyl sites for hydroxylation is 2. The molecule has 2 aromatic carbocycles. The van der Waals surface area contributed by atoms with E-state index < -0.39 is 0 Å². The minimum absolute atomic E-state index is 0.676. The lowest BCUT2D eigenvalue weighted by molar-refractivity contribution is -0.918. The molecule has 3 nitrogen and oxygen atoms in total. The van der Waals surface area contributed by atoms with Crippen LogP contribution in [0.25, 0.3) is 0 Å². The molecule has 0 aromatic heterocycles. The van der Waals surface area contributed by atoms with E-state index in [4.69, 9.17) is 12.2 Å². The lowest BCUT2D eigenvalue weighted by Crippen LogP contribution is -3.11. The third-order valence-electron chi connectivity index (χ3n) is 5.04. The molecule has 0 radical (unpaired) electrons. The molecule has 0 unspecified atom stereocenters. The maximum atomic E-state index is 5.50. The summed E-state index contributed by atoms with van der Waals surface area (Å²) < 4.78 is 0. The van der Waals surface area contributed by atoms with E-state index in [9.17, 15) is 0 Å². The molecule has 0 atom stereocenters. The lowest BCUT2D eigenvalue weighted by atomic mass is 10.0. The first-order valence-corrected chi connectivity index (χ1v) is 10.0. The number of hydrogen-bond donors (Lipinski definition) is 3. The van der Waals surface area contributed by atoms with Crippen molar-refractivity contribution >= 4 is 23.0 Å². The first-order chi connectivity index (χ1) is 12.6. The molecule has 26 heavy (non-hydrogen) atoms. The van der Waals surface area contributed by atoms with Crippen LogP contribution in [0.15, 0.2) is 42.5 Å². The van der Waals surface area contributed by atoms with E-state index >= 15 is 0 Å². The predicted octanol–water partition coefficient (Wildman–Crippen LogP) is 3.36. The first kappa shape index (κ1) is 18.9. The van der Waals surface area contributed by atoms with E-state index in [1.54, 1.807) is 4.90 Å². The van der Waals surface area contributed by atoms with Crippen molar-refractivity contribution in [1.29, 1.82) is 0 Å². The van der Waals surface area contributed by atoms with Crippen LogP contribution in [0.5, 0.6) is 0 Å². The van der Waals surface area contributed by atoms with E-state index in [2.05, 4.69) is 66.9 Å². The minimum Gasteiger partial charge on any atom is -0.358 e. The van der Waals surface area contributed by atoms with E-state index in [1.165, 1.54) is 54.6 Å². The van der Waals surface area contributed by atoms with Crippen LogP contribution in [0.4, 0.5) is 5.69 Å². The van der Waals surface area contributed by atoms with Crippen LogP contribution in [0.2, 0.25) is 0 Å². The predicted molar refractivity (Wildman–Crippen MR) is 114 cm³/mol. The number of rotatable bonds is 5. The van der Waals surface area contributed by atoms with E-state index in [0.717, 1.165) is 18.8 Å². The van der Waals surface area contributed by atoms with Gasteiger partial charge in [-0.3, -0.25) is 0 Å². The van der Waals surface area contributed by atoms with E-state index in [1.807, 2.05) is 0 Å². The Kier molecular flexibility index (Phi) is 6.64. The van der Waals surface area contributed by atoms with Gasteiger partial charge in [0.05, 0.1) is 13.1 Å². The summed E-state index contributed by atoms with van der Waals surface area (Å²) in [4.78, 5) is 1.71. The maximum absolute atomic E-state index is 5.50. The Morgan fingerprint density at radius 2 is 1.62 bits per heavy atom. The number of benzene rings is 2. The molecular formula is C22H30N3S+. The van der Waals surface area contributed by atoms with Crippen molar-refractivity contribution in [3.05, 3.63) is 64.7 Å². The fourth-order valence-electron chi connectivity index (χ4n) is 3.80. The van der Waals surface area contributed by atoms with Crippen LogP contribution in [-0.2, 0) is 13.1 Å².